The van der Waals surface area contributed by atoms with Crippen molar-refractivity contribution >= 4 is 28.4 Å². The Hall–Kier alpha value is -0.430. The summed E-state index contributed by atoms with van der Waals surface area (Å²) in [6, 6.07) is 0. The molecule has 1 fully saturated rings. The topological polar surface area (TPSA) is 47.0 Å². The Morgan fingerprint density at radius 3 is 2.48 bits per heavy atom. The molecule has 0 bridgehead atoms. The van der Waals surface area contributed by atoms with Gasteiger partial charge in [0.15, 0.2) is 5.82 Å². The van der Waals surface area contributed by atoms with Crippen LogP contribution in [0.5, 0.6) is 0 Å². The molecule has 0 spiro atoms. The normalized spacial score (nSPS) is 25.9. The van der Waals surface area contributed by atoms with Crippen LogP contribution in [0, 0.1) is 9.49 Å². The van der Waals surface area contributed by atoms with Gasteiger partial charge >= 0.3 is 0 Å². The summed E-state index contributed by atoms with van der Waals surface area (Å²) in [7, 11) is 1.92. The number of hydrogen-bond acceptors (Lipinski definition) is 4. The fourth-order valence-corrected chi connectivity index (χ4v) is 3.93. The standard InChI is InChI=1S/C16H26IN3O/c1-5-12-13(17)14(18-4)20-15(19-12)16(21-6-2)9-7-11(3)8-10-16/h11H,5-10H2,1-4H3,(H,18,19,20). The van der Waals surface area contributed by atoms with Crippen LogP contribution < -0.4 is 5.32 Å². The molecule has 1 N–H and O–H groups in total. The molecule has 4 nitrogen and oxygen atoms in total. The maximum absolute atomic E-state index is 6.19. The van der Waals surface area contributed by atoms with Crippen molar-refractivity contribution in [2.45, 2.75) is 58.5 Å². The van der Waals surface area contributed by atoms with Gasteiger partial charge in [0.05, 0.1) is 9.26 Å². The molecule has 0 aromatic carbocycles. The Bertz CT molecular complexity index is 459. The van der Waals surface area contributed by atoms with Crippen LogP contribution in [0.3, 0.4) is 0 Å². The quantitative estimate of drug-likeness (QED) is 0.752. The summed E-state index contributed by atoms with van der Waals surface area (Å²) in [6.07, 6.45) is 5.34. The van der Waals surface area contributed by atoms with Crippen molar-refractivity contribution in [2.24, 2.45) is 5.92 Å². The van der Waals surface area contributed by atoms with Gasteiger partial charge in [0.25, 0.3) is 0 Å². The van der Waals surface area contributed by atoms with Crippen LogP contribution in [0.15, 0.2) is 0 Å². The lowest BCUT2D eigenvalue weighted by Crippen LogP contribution is -2.37. The number of halogens is 1. The molecule has 0 amide bonds. The molecule has 0 aliphatic heterocycles. The van der Waals surface area contributed by atoms with E-state index < -0.39 is 0 Å². The second-order valence-electron chi connectivity index (χ2n) is 5.87. The fourth-order valence-electron chi connectivity index (χ4n) is 3.03. The second kappa shape index (κ2) is 7.22. The van der Waals surface area contributed by atoms with Gasteiger partial charge in [-0.3, -0.25) is 0 Å². The number of hydrogen-bond donors (Lipinski definition) is 1. The van der Waals surface area contributed by atoms with Crippen LogP contribution in [-0.2, 0) is 16.8 Å². The molecule has 21 heavy (non-hydrogen) atoms. The third-order valence-corrected chi connectivity index (χ3v) is 5.54. The minimum atomic E-state index is -0.291. The number of nitrogens with zero attached hydrogens (tertiary/aromatic N) is 2. The molecule has 1 aromatic rings. The molecule has 118 valence electrons. The summed E-state index contributed by atoms with van der Waals surface area (Å²) in [6.45, 7) is 7.23. The van der Waals surface area contributed by atoms with Crippen LogP contribution in [0.1, 0.15) is 58.0 Å². The predicted molar refractivity (Wildman–Crippen MR) is 94.6 cm³/mol. The first-order valence-corrected chi connectivity index (χ1v) is 9.02. The highest BCUT2D eigenvalue weighted by molar-refractivity contribution is 14.1. The molecule has 0 radical (unpaired) electrons. The molecule has 0 unspecified atom stereocenters. The Kier molecular flexibility index (Phi) is 5.82. The van der Waals surface area contributed by atoms with E-state index >= 15 is 0 Å². The lowest BCUT2D eigenvalue weighted by atomic mass is 9.78. The maximum atomic E-state index is 6.19. The van der Waals surface area contributed by atoms with Crippen molar-refractivity contribution in [1.82, 2.24) is 9.97 Å². The zero-order valence-electron chi connectivity index (χ0n) is 13.5. The summed E-state index contributed by atoms with van der Waals surface area (Å²) in [4.78, 5) is 9.64. The van der Waals surface area contributed by atoms with Gasteiger partial charge in [-0.25, -0.2) is 9.97 Å². The van der Waals surface area contributed by atoms with Gasteiger partial charge in [-0.05, 0) is 67.5 Å². The van der Waals surface area contributed by atoms with Crippen LogP contribution in [0.2, 0.25) is 0 Å². The smallest absolute Gasteiger partial charge is 0.162 e. The molecular formula is C16H26IN3O. The van der Waals surface area contributed by atoms with Gasteiger partial charge in [-0.1, -0.05) is 13.8 Å². The summed E-state index contributed by atoms with van der Waals surface area (Å²) in [5.74, 6) is 2.57. The summed E-state index contributed by atoms with van der Waals surface area (Å²) >= 11 is 2.33. The van der Waals surface area contributed by atoms with Crippen molar-refractivity contribution in [1.29, 1.82) is 0 Å². The van der Waals surface area contributed by atoms with Gasteiger partial charge in [0.2, 0.25) is 0 Å². The van der Waals surface area contributed by atoms with Crippen molar-refractivity contribution in [3.05, 3.63) is 15.1 Å². The number of aromatic nitrogens is 2. The average molecular weight is 403 g/mol. The SMILES string of the molecule is CCOC1(c2nc(CC)c(I)c(NC)n2)CCC(C)CC1. The lowest BCUT2D eigenvalue weighted by Gasteiger charge is -2.38. The van der Waals surface area contributed by atoms with E-state index in [1.807, 2.05) is 7.05 Å². The number of anilines is 1. The van der Waals surface area contributed by atoms with Crippen molar-refractivity contribution in [3.63, 3.8) is 0 Å². The first-order valence-electron chi connectivity index (χ1n) is 7.94. The van der Waals surface area contributed by atoms with Crippen LogP contribution in [0.25, 0.3) is 0 Å². The first kappa shape index (κ1) is 16.9. The van der Waals surface area contributed by atoms with Gasteiger partial charge in [0.1, 0.15) is 11.4 Å². The second-order valence-corrected chi connectivity index (χ2v) is 6.95. The van der Waals surface area contributed by atoms with Crippen molar-refractivity contribution in [3.8, 4) is 0 Å². The average Bonchev–Trinajstić information content (AvgIpc) is 2.50. The van der Waals surface area contributed by atoms with Crippen molar-refractivity contribution in [2.75, 3.05) is 19.0 Å². The molecule has 1 aliphatic rings. The summed E-state index contributed by atoms with van der Waals surface area (Å²) in [5.41, 5.74) is 0.823. The largest absolute Gasteiger partial charge is 0.372 e. The highest BCUT2D eigenvalue weighted by Crippen LogP contribution is 2.41. The number of rotatable bonds is 5. The highest BCUT2D eigenvalue weighted by Gasteiger charge is 2.40. The van der Waals surface area contributed by atoms with E-state index in [2.05, 4.69) is 48.7 Å². The molecule has 1 saturated carbocycles. The van der Waals surface area contributed by atoms with E-state index in [-0.39, 0.29) is 5.60 Å². The molecule has 0 saturated heterocycles. The van der Waals surface area contributed by atoms with Gasteiger partial charge in [-0.2, -0.15) is 0 Å². The minimum Gasteiger partial charge on any atom is -0.372 e. The molecule has 5 heteroatoms. The molecule has 0 atom stereocenters. The minimum absolute atomic E-state index is 0.291. The first-order chi connectivity index (χ1) is 10.1. The van der Waals surface area contributed by atoms with Crippen molar-refractivity contribution < 1.29 is 4.74 Å². The monoisotopic (exact) mass is 403 g/mol. The fraction of sp³-hybridized carbons (Fsp3) is 0.750. The summed E-state index contributed by atoms with van der Waals surface area (Å²) in [5, 5.41) is 3.20. The van der Waals surface area contributed by atoms with E-state index in [1.165, 1.54) is 12.8 Å². The lowest BCUT2D eigenvalue weighted by molar-refractivity contribution is -0.0837. The number of ether oxygens (including phenoxy) is 1. The Morgan fingerprint density at radius 2 is 1.95 bits per heavy atom. The third-order valence-electron chi connectivity index (χ3n) is 4.40. The summed E-state index contributed by atoms with van der Waals surface area (Å²) < 4.78 is 7.31. The van der Waals surface area contributed by atoms with E-state index in [0.717, 1.165) is 46.1 Å². The van der Waals surface area contributed by atoms with Gasteiger partial charge in [-0.15, -0.1) is 0 Å². The number of aryl methyl sites for hydroxylation is 1. The molecule has 1 aromatic heterocycles. The van der Waals surface area contributed by atoms with Crippen LogP contribution in [-0.4, -0.2) is 23.6 Å². The van der Waals surface area contributed by atoms with Gasteiger partial charge < -0.3 is 10.1 Å². The van der Waals surface area contributed by atoms with Gasteiger partial charge in [0, 0.05) is 13.7 Å². The third kappa shape index (κ3) is 3.50. The highest BCUT2D eigenvalue weighted by atomic mass is 127. The van der Waals surface area contributed by atoms with Crippen LogP contribution >= 0.6 is 22.6 Å². The predicted octanol–water partition coefficient (Wildman–Crippen LogP) is 4.13. The molecule has 1 heterocycles. The maximum Gasteiger partial charge on any atom is 0.162 e. The molecule has 2 rings (SSSR count). The zero-order chi connectivity index (χ0) is 15.5. The molecular weight excluding hydrogens is 377 g/mol. The molecule has 1 aliphatic carbocycles. The Balaban J connectivity index is 2.45. The number of nitrogens with one attached hydrogen (secondary N) is 1. The zero-order valence-corrected chi connectivity index (χ0v) is 15.7. The van der Waals surface area contributed by atoms with E-state index in [4.69, 9.17) is 14.7 Å². The Morgan fingerprint density at radius 1 is 1.29 bits per heavy atom. The van der Waals surface area contributed by atoms with E-state index in [9.17, 15) is 0 Å². The van der Waals surface area contributed by atoms with E-state index in [0.29, 0.717) is 6.61 Å². The van der Waals surface area contributed by atoms with E-state index in [1.54, 1.807) is 0 Å². The van der Waals surface area contributed by atoms with Crippen LogP contribution in [0.4, 0.5) is 5.82 Å². The Labute approximate surface area is 141 Å².